The van der Waals surface area contributed by atoms with Gasteiger partial charge < -0.3 is 5.32 Å². The second-order valence-electron chi connectivity index (χ2n) is 4.75. The zero-order valence-electron chi connectivity index (χ0n) is 10.9. The average molecular weight is 365 g/mol. The van der Waals surface area contributed by atoms with Gasteiger partial charge in [-0.1, -0.05) is 24.3 Å². The fraction of sp³-hybridized carbons (Fsp3) is 0.333. The summed E-state index contributed by atoms with van der Waals surface area (Å²) in [5.74, 6) is 2.25. The monoisotopic (exact) mass is 365 g/mol. The summed E-state index contributed by atoms with van der Waals surface area (Å²) < 4.78 is 1.08. The van der Waals surface area contributed by atoms with Crippen LogP contribution in [0.5, 0.6) is 0 Å². The molecule has 1 aromatic carbocycles. The van der Waals surface area contributed by atoms with Gasteiger partial charge in [0.25, 0.3) is 0 Å². The molecular formula is C15H16IN3. The number of aryl methyl sites for hydroxylation is 1. The van der Waals surface area contributed by atoms with Gasteiger partial charge in [0.15, 0.2) is 0 Å². The number of fused-ring (bicyclic) bond motifs is 1. The van der Waals surface area contributed by atoms with E-state index in [4.69, 9.17) is 4.98 Å². The van der Waals surface area contributed by atoms with Gasteiger partial charge in [-0.15, -0.1) is 0 Å². The van der Waals surface area contributed by atoms with Crippen LogP contribution in [0.25, 0.3) is 0 Å². The second-order valence-corrected chi connectivity index (χ2v) is 5.91. The number of anilines is 1. The highest BCUT2D eigenvalue weighted by atomic mass is 127. The Hall–Kier alpha value is -1.17. The van der Waals surface area contributed by atoms with Gasteiger partial charge >= 0.3 is 0 Å². The van der Waals surface area contributed by atoms with Crippen molar-refractivity contribution in [2.24, 2.45) is 0 Å². The van der Waals surface area contributed by atoms with E-state index < -0.39 is 0 Å². The van der Waals surface area contributed by atoms with E-state index in [1.807, 2.05) is 6.20 Å². The van der Waals surface area contributed by atoms with E-state index in [1.54, 1.807) is 0 Å². The first kappa shape index (κ1) is 12.8. The van der Waals surface area contributed by atoms with E-state index in [-0.39, 0.29) is 0 Å². The summed E-state index contributed by atoms with van der Waals surface area (Å²) in [4.78, 5) is 9.26. The number of halogens is 1. The Labute approximate surface area is 127 Å². The highest BCUT2D eigenvalue weighted by Crippen LogP contribution is 2.36. The molecule has 0 radical (unpaired) electrons. The van der Waals surface area contributed by atoms with E-state index in [0.29, 0.717) is 5.92 Å². The molecule has 0 saturated carbocycles. The topological polar surface area (TPSA) is 37.8 Å². The summed E-state index contributed by atoms with van der Waals surface area (Å²) >= 11 is 2.28. The van der Waals surface area contributed by atoms with Crippen LogP contribution in [0.3, 0.4) is 0 Å². The van der Waals surface area contributed by atoms with Crippen molar-refractivity contribution in [3.63, 3.8) is 0 Å². The molecule has 19 heavy (non-hydrogen) atoms. The Kier molecular flexibility index (Phi) is 3.68. The van der Waals surface area contributed by atoms with Gasteiger partial charge in [0.1, 0.15) is 11.6 Å². The van der Waals surface area contributed by atoms with Gasteiger partial charge in [0.2, 0.25) is 0 Å². The molecule has 0 bridgehead atoms. The van der Waals surface area contributed by atoms with Crippen LogP contribution in [-0.4, -0.2) is 16.5 Å². The third-order valence-corrected chi connectivity index (χ3v) is 4.34. The molecule has 1 aliphatic carbocycles. The maximum Gasteiger partial charge on any atom is 0.143 e. The van der Waals surface area contributed by atoms with Gasteiger partial charge in [-0.25, -0.2) is 9.97 Å². The first-order chi connectivity index (χ1) is 9.29. The first-order valence-corrected chi connectivity index (χ1v) is 7.71. The van der Waals surface area contributed by atoms with Crippen molar-refractivity contribution in [2.75, 3.05) is 11.9 Å². The predicted octanol–water partition coefficient (Wildman–Crippen LogP) is 3.59. The van der Waals surface area contributed by atoms with Crippen molar-refractivity contribution in [3.05, 3.63) is 51.0 Å². The first-order valence-electron chi connectivity index (χ1n) is 6.63. The van der Waals surface area contributed by atoms with Crippen LogP contribution in [0.4, 0.5) is 5.82 Å². The van der Waals surface area contributed by atoms with Gasteiger partial charge in [-0.2, -0.15) is 0 Å². The third-order valence-electron chi connectivity index (χ3n) is 3.55. The molecular weight excluding hydrogens is 349 g/mol. The minimum Gasteiger partial charge on any atom is -0.369 e. The van der Waals surface area contributed by atoms with E-state index in [1.165, 1.54) is 11.1 Å². The summed E-state index contributed by atoms with van der Waals surface area (Å²) in [7, 11) is 0. The van der Waals surface area contributed by atoms with Crippen molar-refractivity contribution >= 4 is 28.4 Å². The summed E-state index contributed by atoms with van der Waals surface area (Å²) in [6, 6.07) is 8.64. The van der Waals surface area contributed by atoms with Gasteiger partial charge in [-0.05, 0) is 53.5 Å². The lowest BCUT2D eigenvalue weighted by atomic mass is 10.0. The molecule has 0 spiro atoms. The maximum absolute atomic E-state index is 4.71. The van der Waals surface area contributed by atoms with Crippen molar-refractivity contribution < 1.29 is 0 Å². The van der Waals surface area contributed by atoms with Crippen LogP contribution < -0.4 is 5.32 Å². The van der Waals surface area contributed by atoms with Crippen molar-refractivity contribution in [1.29, 1.82) is 0 Å². The largest absolute Gasteiger partial charge is 0.369 e. The smallest absolute Gasteiger partial charge is 0.143 e. The molecule has 1 aliphatic rings. The Balaban J connectivity index is 1.98. The second kappa shape index (κ2) is 5.45. The molecule has 98 valence electrons. The molecule has 1 atom stereocenters. The summed E-state index contributed by atoms with van der Waals surface area (Å²) in [5.41, 5.74) is 2.84. The SMILES string of the molecule is CCNc1nc(C2CCc3ccccc32)ncc1I. The number of rotatable bonds is 3. The summed E-state index contributed by atoms with van der Waals surface area (Å²) in [6.45, 7) is 2.97. The highest BCUT2D eigenvalue weighted by molar-refractivity contribution is 14.1. The summed E-state index contributed by atoms with van der Waals surface area (Å²) in [6.07, 6.45) is 4.17. The Morgan fingerprint density at radius 2 is 2.21 bits per heavy atom. The van der Waals surface area contributed by atoms with Crippen LogP contribution >= 0.6 is 22.6 Å². The number of aromatic nitrogens is 2. The van der Waals surface area contributed by atoms with E-state index in [9.17, 15) is 0 Å². The molecule has 1 N–H and O–H groups in total. The number of benzene rings is 1. The zero-order valence-corrected chi connectivity index (χ0v) is 13.0. The van der Waals surface area contributed by atoms with Gasteiger partial charge in [0, 0.05) is 18.7 Å². The molecule has 3 rings (SSSR count). The Morgan fingerprint density at radius 3 is 3.05 bits per heavy atom. The Bertz CT molecular complexity index is 598. The number of hydrogen-bond acceptors (Lipinski definition) is 3. The normalized spacial score (nSPS) is 17.3. The average Bonchev–Trinajstić information content (AvgIpc) is 2.85. The maximum atomic E-state index is 4.71. The minimum absolute atomic E-state index is 0.352. The van der Waals surface area contributed by atoms with E-state index >= 15 is 0 Å². The molecule has 0 aliphatic heterocycles. The fourth-order valence-electron chi connectivity index (χ4n) is 2.67. The number of hydrogen-bond donors (Lipinski definition) is 1. The van der Waals surface area contributed by atoms with Crippen LogP contribution in [0, 0.1) is 3.57 Å². The standard InChI is InChI=1S/C15H16IN3/c1-2-17-15-13(16)9-18-14(19-15)12-8-7-10-5-3-4-6-11(10)12/h3-6,9,12H,2,7-8H2,1H3,(H,17,18,19). The lowest BCUT2D eigenvalue weighted by Crippen LogP contribution is -2.08. The zero-order chi connectivity index (χ0) is 13.2. The van der Waals surface area contributed by atoms with Crippen molar-refractivity contribution in [1.82, 2.24) is 9.97 Å². The van der Waals surface area contributed by atoms with Crippen molar-refractivity contribution in [3.8, 4) is 0 Å². The molecule has 1 unspecified atom stereocenters. The van der Waals surface area contributed by atoms with Crippen LogP contribution in [-0.2, 0) is 6.42 Å². The minimum atomic E-state index is 0.352. The lowest BCUT2D eigenvalue weighted by Gasteiger charge is -2.12. The van der Waals surface area contributed by atoms with Crippen LogP contribution in [0.15, 0.2) is 30.5 Å². The lowest BCUT2D eigenvalue weighted by molar-refractivity contribution is 0.728. The fourth-order valence-corrected chi connectivity index (χ4v) is 3.12. The van der Waals surface area contributed by atoms with Crippen LogP contribution in [0.2, 0.25) is 0 Å². The van der Waals surface area contributed by atoms with E-state index in [0.717, 1.165) is 34.6 Å². The quantitative estimate of drug-likeness (QED) is 0.845. The molecule has 3 nitrogen and oxygen atoms in total. The summed E-state index contributed by atoms with van der Waals surface area (Å²) in [5, 5.41) is 3.31. The van der Waals surface area contributed by atoms with Gasteiger partial charge in [-0.3, -0.25) is 0 Å². The Morgan fingerprint density at radius 1 is 1.37 bits per heavy atom. The van der Waals surface area contributed by atoms with Crippen LogP contribution in [0.1, 0.15) is 36.2 Å². The van der Waals surface area contributed by atoms with E-state index in [2.05, 4.69) is 64.1 Å². The molecule has 2 aromatic rings. The predicted molar refractivity (Wildman–Crippen MR) is 85.5 cm³/mol. The molecule has 1 heterocycles. The molecule has 0 fully saturated rings. The molecule has 0 saturated heterocycles. The number of nitrogens with zero attached hydrogens (tertiary/aromatic N) is 2. The molecule has 0 amide bonds. The third kappa shape index (κ3) is 2.45. The highest BCUT2D eigenvalue weighted by Gasteiger charge is 2.26. The number of nitrogens with one attached hydrogen (secondary N) is 1. The van der Waals surface area contributed by atoms with Gasteiger partial charge in [0.05, 0.1) is 3.57 Å². The molecule has 4 heteroatoms. The molecule has 1 aromatic heterocycles. The van der Waals surface area contributed by atoms with Crippen molar-refractivity contribution in [2.45, 2.75) is 25.7 Å².